The molecule has 1 aliphatic heterocycles. The largest absolute Gasteiger partial charge is 0.375 e. The van der Waals surface area contributed by atoms with Gasteiger partial charge in [0, 0.05) is 17.5 Å². The van der Waals surface area contributed by atoms with E-state index in [-0.39, 0.29) is 18.0 Å². The molecule has 1 fully saturated rings. The minimum atomic E-state index is -0.129. The molecule has 0 spiro atoms. The SMILES string of the molecule is CNC(Cc1ccccc1F)C1CSCCO1. The average Bonchev–Trinajstić information content (AvgIpc) is 2.39. The first-order valence-electron chi connectivity index (χ1n) is 5.91. The summed E-state index contributed by atoms with van der Waals surface area (Å²) in [6.07, 6.45) is 0.854. The molecule has 1 N–H and O–H groups in total. The quantitative estimate of drug-likeness (QED) is 0.890. The van der Waals surface area contributed by atoms with Crippen molar-refractivity contribution >= 4 is 11.8 Å². The molecule has 2 unspecified atom stereocenters. The third kappa shape index (κ3) is 3.44. The van der Waals surface area contributed by atoms with Crippen LogP contribution in [0.3, 0.4) is 0 Å². The summed E-state index contributed by atoms with van der Waals surface area (Å²) in [6, 6.07) is 7.13. The van der Waals surface area contributed by atoms with Gasteiger partial charge in [-0.15, -0.1) is 0 Å². The van der Waals surface area contributed by atoms with E-state index in [1.54, 1.807) is 6.07 Å². The lowest BCUT2D eigenvalue weighted by atomic mass is 10.0. The third-order valence-electron chi connectivity index (χ3n) is 3.06. The van der Waals surface area contributed by atoms with Gasteiger partial charge in [-0.1, -0.05) is 18.2 Å². The van der Waals surface area contributed by atoms with E-state index in [1.807, 2.05) is 30.9 Å². The highest BCUT2D eigenvalue weighted by Crippen LogP contribution is 2.19. The van der Waals surface area contributed by atoms with Gasteiger partial charge in [-0.05, 0) is 25.1 Å². The van der Waals surface area contributed by atoms with Gasteiger partial charge in [-0.25, -0.2) is 4.39 Å². The Hall–Kier alpha value is -0.580. The lowest BCUT2D eigenvalue weighted by Crippen LogP contribution is -2.44. The number of likely N-dealkylation sites (N-methyl/N-ethyl adjacent to an activating group) is 1. The molecule has 2 rings (SSSR count). The summed E-state index contributed by atoms with van der Waals surface area (Å²) in [5, 5.41) is 3.24. The van der Waals surface area contributed by atoms with Crippen molar-refractivity contribution in [2.24, 2.45) is 0 Å². The van der Waals surface area contributed by atoms with Crippen LogP contribution in [0.1, 0.15) is 5.56 Å². The van der Waals surface area contributed by atoms with Crippen LogP contribution < -0.4 is 5.32 Å². The number of nitrogens with one attached hydrogen (secondary N) is 1. The van der Waals surface area contributed by atoms with E-state index in [0.29, 0.717) is 6.42 Å². The van der Waals surface area contributed by atoms with E-state index < -0.39 is 0 Å². The molecule has 1 aromatic rings. The predicted molar refractivity (Wildman–Crippen MR) is 70.0 cm³/mol. The van der Waals surface area contributed by atoms with Crippen LogP contribution in [0.5, 0.6) is 0 Å². The van der Waals surface area contributed by atoms with Crippen LogP contribution in [0, 0.1) is 5.82 Å². The first-order valence-corrected chi connectivity index (χ1v) is 7.06. The van der Waals surface area contributed by atoms with Gasteiger partial charge in [-0.3, -0.25) is 0 Å². The summed E-state index contributed by atoms with van der Waals surface area (Å²) < 4.78 is 19.3. The third-order valence-corrected chi connectivity index (χ3v) is 4.08. The zero-order chi connectivity index (χ0) is 12.1. The van der Waals surface area contributed by atoms with Crippen LogP contribution in [-0.4, -0.2) is 37.3 Å². The summed E-state index contributed by atoms with van der Waals surface area (Å²) >= 11 is 1.90. The second-order valence-electron chi connectivity index (χ2n) is 4.17. The summed E-state index contributed by atoms with van der Waals surface area (Å²) in [4.78, 5) is 0. The van der Waals surface area contributed by atoms with Crippen LogP contribution in [0.4, 0.5) is 4.39 Å². The number of ether oxygens (including phenoxy) is 1. The molecule has 0 radical (unpaired) electrons. The van der Waals surface area contributed by atoms with Crippen LogP contribution in [0.15, 0.2) is 24.3 Å². The van der Waals surface area contributed by atoms with E-state index in [4.69, 9.17) is 4.74 Å². The summed E-state index contributed by atoms with van der Waals surface area (Å²) in [6.45, 7) is 0.796. The molecule has 0 aromatic heterocycles. The Morgan fingerprint density at radius 1 is 1.53 bits per heavy atom. The Bertz CT molecular complexity index is 355. The Morgan fingerprint density at radius 3 is 3.00 bits per heavy atom. The monoisotopic (exact) mass is 255 g/mol. The summed E-state index contributed by atoms with van der Waals surface area (Å²) in [5.74, 6) is 1.92. The Labute approximate surface area is 106 Å². The molecule has 1 saturated heterocycles. The molecule has 4 heteroatoms. The fourth-order valence-corrected chi connectivity index (χ4v) is 3.00. The highest BCUT2D eigenvalue weighted by atomic mass is 32.2. The van der Waals surface area contributed by atoms with Crippen molar-refractivity contribution in [2.45, 2.75) is 18.6 Å². The normalized spacial score (nSPS) is 22.4. The number of hydrogen-bond acceptors (Lipinski definition) is 3. The van der Waals surface area contributed by atoms with E-state index in [1.165, 1.54) is 6.07 Å². The van der Waals surface area contributed by atoms with Crippen LogP contribution in [0.25, 0.3) is 0 Å². The molecule has 0 saturated carbocycles. The topological polar surface area (TPSA) is 21.3 Å². The highest BCUT2D eigenvalue weighted by Gasteiger charge is 2.24. The lowest BCUT2D eigenvalue weighted by molar-refractivity contribution is 0.0490. The van der Waals surface area contributed by atoms with E-state index >= 15 is 0 Å². The molecule has 2 nitrogen and oxygen atoms in total. The van der Waals surface area contributed by atoms with E-state index in [9.17, 15) is 4.39 Å². The zero-order valence-electron chi connectivity index (χ0n) is 9.99. The van der Waals surface area contributed by atoms with Crippen LogP contribution in [0.2, 0.25) is 0 Å². The molecule has 1 aromatic carbocycles. The van der Waals surface area contributed by atoms with Gasteiger partial charge < -0.3 is 10.1 Å². The molecule has 1 aliphatic rings. The molecule has 0 amide bonds. The van der Waals surface area contributed by atoms with Crippen molar-refractivity contribution in [1.82, 2.24) is 5.32 Å². The molecule has 17 heavy (non-hydrogen) atoms. The smallest absolute Gasteiger partial charge is 0.126 e. The fraction of sp³-hybridized carbons (Fsp3) is 0.538. The van der Waals surface area contributed by atoms with Gasteiger partial charge >= 0.3 is 0 Å². The van der Waals surface area contributed by atoms with Gasteiger partial charge in [0.2, 0.25) is 0 Å². The summed E-state index contributed by atoms with van der Waals surface area (Å²) in [5.41, 5.74) is 0.756. The van der Waals surface area contributed by atoms with Crippen molar-refractivity contribution in [3.05, 3.63) is 35.6 Å². The number of thioether (sulfide) groups is 1. The lowest BCUT2D eigenvalue weighted by Gasteiger charge is -2.30. The highest BCUT2D eigenvalue weighted by molar-refractivity contribution is 7.99. The zero-order valence-corrected chi connectivity index (χ0v) is 10.8. The second kappa shape index (κ2) is 6.38. The Balaban J connectivity index is 2.01. The maximum atomic E-state index is 13.6. The van der Waals surface area contributed by atoms with Gasteiger partial charge in [0.15, 0.2) is 0 Å². The molecule has 94 valence electrons. The van der Waals surface area contributed by atoms with Gasteiger partial charge in [0.1, 0.15) is 5.82 Å². The standard InChI is InChI=1S/C13H18FNOS/c1-15-12(13-9-17-7-6-16-13)8-10-4-2-3-5-11(10)14/h2-5,12-13,15H,6-9H2,1H3. The molecule has 1 heterocycles. The fourth-order valence-electron chi connectivity index (χ4n) is 2.06. The van der Waals surface area contributed by atoms with Crippen molar-refractivity contribution in [3.63, 3.8) is 0 Å². The van der Waals surface area contributed by atoms with Gasteiger partial charge in [0.25, 0.3) is 0 Å². The van der Waals surface area contributed by atoms with Crippen LogP contribution in [-0.2, 0) is 11.2 Å². The first-order chi connectivity index (χ1) is 8.31. The molecular formula is C13H18FNOS. The molecular weight excluding hydrogens is 237 g/mol. The molecule has 0 bridgehead atoms. The maximum Gasteiger partial charge on any atom is 0.126 e. The number of halogens is 1. The second-order valence-corrected chi connectivity index (χ2v) is 5.32. The minimum absolute atomic E-state index is 0.129. The molecule has 2 atom stereocenters. The number of benzene rings is 1. The minimum Gasteiger partial charge on any atom is -0.375 e. The van der Waals surface area contributed by atoms with Crippen molar-refractivity contribution in [3.8, 4) is 0 Å². The number of rotatable bonds is 4. The van der Waals surface area contributed by atoms with Gasteiger partial charge in [0.05, 0.1) is 12.7 Å². The van der Waals surface area contributed by atoms with E-state index in [2.05, 4.69) is 5.32 Å². The maximum absolute atomic E-state index is 13.6. The van der Waals surface area contributed by atoms with Crippen LogP contribution >= 0.6 is 11.8 Å². The van der Waals surface area contributed by atoms with Crippen molar-refractivity contribution in [2.75, 3.05) is 25.2 Å². The van der Waals surface area contributed by atoms with E-state index in [0.717, 1.165) is 23.7 Å². The Kier molecular flexibility index (Phi) is 4.83. The Morgan fingerprint density at radius 2 is 2.35 bits per heavy atom. The predicted octanol–water partition coefficient (Wildman–Crippen LogP) is 2.09. The van der Waals surface area contributed by atoms with Gasteiger partial charge in [-0.2, -0.15) is 11.8 Å². The number of hydrogen-bond donors (Lipinski definition) is 1. The van der Waals surface area contributed by atoms with Crippen molar-refractivity contribution < 1.29 is 9.13 Å². The first kappa shape index (κ1) is 12.9. The van der Waals surface area contributed by atoms with Crippen molar-refractivity contribution in [1.29, 1.82) is 0 Å². The average molecular weight is 255 g/mol. The summed E-state index contributed by atoms with van der Waals surface area (Å²) in [7, 11) is 1.91. The molecule has 0 aliphatic carbocycles.